The fraction of sp³-hybridized carbons (Fsp3) is 0.400. The van der Waals surface area contributed by atoms with Crippen molar-refractivity contribution in [2.75, 3.05) is 32.2 Å². The molecule has 9 heteroatoms. The zero-order valence-corrected chi connectivity index (χ0v) is 21.8. The molecule has 0 unspecified atom stereocenters. The number of rotatable bonds is 6. The van der Waals surface area contributed by atoms with Crippen molar-refractivity contribution >= 4 is 49.6 Å². The van der Waals surface area contributed by atoms with E-state index in [0.717, 1.165) is 48.7 Å². The summed E-state index contributed by atoms with van der Waals surface area (Å²) < 4.78 is 25.3. The van der Waals surface area contributed by atoms with Gasteiger partial charge in [0.05, 0.1) is 21.2 Å². The highest BCUT2D eigenvalue weighted by Gasteiger charge is 2.25. The lowest BCUT2D eigenvalue weighted by Crippen LogP contribution is -2.31. The summed E-state index contributed by atoms with van der Waals surface area (Å²) in [5.41, 5.74) is 2.79. The van der Waals surface area contributed by atoms with Crippen molar-refractivity contribution in [2.45, 2.75) is 36.6 Å². The van der Waals surface area contributed by atoms with Crippen LogP contribution >= 0.6 is 23.2 Å². The maximum absolute atomic E-state index is 12.6. The van der Waals surface area contributed by atoms with Crippen LogP contribution in [-0.4, -0.2) is 56.3 Å². The van der Waals surface area contributed by atoms with Crippen molar-refractivity contribution in [2.24, 2.45) is 5.92 Å². The Labute approximate surface area is 210 Å². The zero-order valence-electron chi connectivity index (χ0n) is 19.5. The second-order valence-corrected chi connectivity index (χ2v) is 12.2. The molecular formula is C25H29Cl2N3O3S. The number of sulfone groups is 1. The molecule has 0 aliphatic heterocycles. The number of fused-ring (bicyclic) bond motifs is 1. The first-order valence-electron chi connectivity index (χ1n) is 11.3. The summed E-state index contributed by atoms with van der Waals surface area (Å²) in [5.74, 6) is 0.494. The summed E-state index contributed by atoms with van der Waals surface area (Å²) in [4.78, 5) is 6.82. The fourth-order valence-corrected chi connectivity index (χ4v) is 6.00. The molecule has 1 aromatic heterocycles. The summed E-state index contributed by atoms with van der Waals surface area (Å²) in [5, 5.41) is 14.5. The molecule has 0 atom stereocenters. The van der Waals surface area contributed by atoms with Crippen LogP contribution < -0.4 is 5.32 Å². The predicted molar refractivity (Wildman–Crippen MR) is 140 cm³/mol. The number of halogens is 2. The first-order chi connectivity index (χ1) is 16.0. The molecule has 1 heterocycles. The van der Waals surface area contributed by atoms with Gasteiger partial charge in [-0.15, -0.1) is 0 Å². The molecule has 0 radical (unpaired) electrons. The number of hydrogen-bond acceptors (Lipinski definition) is 6. The number of pyridine rings is 1. The topological polar surface area (TPSA) is 82.5 Å². The van der Waals surface area contributed by atoms with Gasteiger partial charge >= 0.3 is 0 Å². The molecule has 0 saturated heterocycles. The van der Waals surface area contributed by atoms with Crippen LogP contribution in [0.1, 0.15) is 25.7 Å². The van der Waals surface area contributed by atoms with Crippen LogP contribution in [0.5, 0.6) is 5.75 Å². The molecule has 3 aromatic rings. The van der Waals surface area contributed by atoms with E-state index in [1.54, 1.807) is 12.1 Å². The molecule has 34 heavy (non-hydrogen) atoms. The molecule has 0 amide bonds. The molecule has 0 bridgehead atoms. The van der Waals surface area contributed by atoms with Gasteiger partial charge in [0.1, 0.15) is 4.90 Å². The molecule has 1 saturated carbocycles. The molecule has 4 rings (SSSR count). The molecule has 2 N–H and O–H groups in total. The van der Waals surface area contributed by atoms with E-state index in [9.17, 15) is 13.5 Å². The Balaban J connectivity index is 1.75. The SMILES string of the molecule is CN(C)CC1CCC(Nc2c(S(C)(=O)=O)cnc3ccc(-c4cc(Cl)c(O)c(Cl)c4)cc23)CC1. The van der Waals surface area contributed by atoms with E-state index >= 15 is 0 Å². The average molecular weight is 522 g/mol. The van der Waals surface area contributed by atoms with Gasteiger partial charge in [0, 0.05) is 30.4 Å². The van der Waals surface area contributed by atoms with Gasteiger partial charge in [-0.1, -0.05) is 29.3 Å². The Bertz CT molecular complexity index is 1300. The van der Waals surface area contributed by atoms with Crippen molar-refractivity contribution < 1.29 is 13.5 Å². The van der Waals surface area contributed by atoms with Gasteiger partial charge in [0.15, 0.2) is 15.6 Å². The highest BCUT2D eigenvalue weighted by Crippen LogP contribution is 2.39. The van der Waals surface area contributed by atoms with Crippen molar-refractivity contribution in [1.82, 2.24) is 9.88 Å². The first kappa shape index (κ1) is 25.0. The van der Waals surface area contributed by atoms with Gasteiger partial charge < -0.3 is 15.3 Å². The highest BCUT2D eigenvalue weighted by molar-refractivity contribution is 7.90. The van der Waals surface area contributed by atoms with Gasteiger partial charge in [-0.2, -0.15) is 0 Å². The number of nitrogens with one attached hydrogen (secondary N) is 1. The predicted octanol–water partition coefficient (Wildman–Crippen LogP) is 5.85. The van der Waals surface area contributed by atoms with Gasteiger partial charge in [-0.25, -0.2) is 8.42 Å². The number of phenolic OH excluding ortho intramolecular Hbond substituents is 1. The van der Waals surface area contributed by atoms with Crippen LogP contribution in [0.2, 0.25) is 10.0 Å². The Hall–Kier alpha value is -2.06. The third kappa shape index (κ3) is 5.43. The molecule has 1 aliphatic carbocycles. The third-order valence-corrected chi connectivity index (χ3v) is 8.09. The van der Waals surface area contributed by atoms with Crippen LogP contribution in [0.3, 0.4) is 0 Å². The van der Waals surface area contributed by atoms with Crippen LogP contribution in [0.15, 0.2) is 41.4 Å². The lowest BCUT2D eigenvalue weighted by molar-refractivity contribution is 0.255. The minimum atomic E-state index is -3.51. The van der Waals surface area contributed by atoms with Crippen molar-refractivity contribution in [3.8, 4) is 16.9 Å². The summed E-state index contributed by atoms with van der Waals surface area (Å²) in [6.07, 6.45) is 6.80. The second-order valence-electron chi connectivity index (χ2n) is 9.41. The van der Waals surface area contributed by atoms with E-state index in [1.165, 1.54) is 12.5 Å². The number of nitrogens with zero attached hydrogens (tertiary/aromatic N) is 2. The van der Waals surface area contributed by atoms with E-state index in [-0.39, 0.29) is 26.7 Å². The number of aromatic hydroxyl groups is 1. The molecule has 2 aromatic carbocycles. The van der Waals surface area contributed by atoms with Crippen LogP contribution in [0.25, 0.3) is 22.0 Å². The van der Waals surface area contributed by atoms with E-state index < -0.39 is 9.84 Å². The van der Waals surface area contributed by atoms with Crippen LogP contribution in [-0.2, 0) is 9.84 Å². The third-order valence-electron chi connectivity index (χ3n) is 6.40. The van der Waals surface area contributed by atoms with Crippen molar-refractivity contribution in [3.05, 3.63) is 46.6 Å². The maximum Gasteiger partial charge on any atom is 0.179 e. The van der Waals surface area contributed by atoms with Crippen LogP contribution in [0.4, 0.5) is 5.69 Å². The molecule has 182 valence electrons. The largest absolute Gasteiger partial charge is 0.505 e. The quantitative estimate of drug-likeness (QED) is 0.423. The number of phenols is 1. The minimum Gasteiger partial charge on any atom is -0.505 e. The van der Waals surface area contributed by atoms with E-state index in [1.807, 2.05) is 18.2 Å². The van der Waals surface area contributed by atoms with Gasteiger partial charge in [0.25, 0.3) is 0 Å². The number of hydrogen-bond donors (Lipinski definition) is 2. The van der Waals surface area contributed by atoms with Crippen molar-refractivity contribution in [1.29, 1.82) is 0 Å². The van der Waals surface area contributed by atoms with E-state index in [2.05, 4.69) is 29.3 Å². The minimum absolute atomic E-state index is 0.151. The summed E-state index contributed by atoms with van der Waals surface area (Å²) >= 11 is 12.3. The smallest absolute Gasteiger partial charge is 0.179 e. The zero-order chi connectivity index (χ0) is 24.6. The lowest BCUT2D eigenvalue weighted by Gasteiger charge is -2.32. The summed E-state index contributed by atoms with van der Waals surface area (Å²) in [7, 11) is 0.684. The molecular weight excluding hydrogens is 493 g/mol. The molecule has 1 aliphatic rings. The average Bonchev–Trinajstić information content (AvgIpc) is 2.77. The summed E-state index contributed by atoms with van der Waals surface area (Å²) in [6.45, 7) is 1.07. The van der Waals surface area contributed by atoms with Gasteiger partial charge in [-0.3, -0.25) is 4.98 Å². The molecule has 0 spiro atoms. The Morgan fingerprint density at radius 1 is 1.06 bits per heavy atom. The lowest BCUT2D eigenvalue weighted by atomic mass is 9.85. The highest BCUT2D eigenvalue weighted by atomic mass is 35.5. The van der Waals surface area contributed by atoms with E-state index in [4.69, 9.17) is 23.2 Å². The molecule has 6 nitrogen and oxygen atoms in total. The Kier molecular flexibility index (Phi) is 7.29. The number of anilines is 1. The Morgan fingerprint density at radius 3 is 2.29 bits per heavy atom. The normalized spacial score (nSPS) is 19.0. The van der Waals surface area contributed by atoms with E-state index in [0.29, 0.717) is 17.1 Å². The fourth-order valence-electron chi connectivity index (χ4n) is 4.73. The summed E-state index contributed by atoms with van der Waals surface area (Å²) in [6, 6.07) is 9.09. The van der Waals surface area contributed by atoms with Gasteiger partial charge in [-0.05, 0) is 81.1 Å². The monoisotopic (exact) mass is 521 g/mol. The van der Waals surface area contributed by atoms with Gasteiger partial charge in [0.2, 0.25) is 0 Å². The standard InChI is InChI=1S/C25H29Cl2N3O3S/c1-30(2)14-15-4-7-18(8-5-15)29-24-19-10-16(17-11-20(26)25(31)21(27)12-17)6-9-22(19)28-13-23(24)34(3,32)33/h6,9-13,15,18,31H,4-5,7-8,14H2,1-3H3,(H,28,29). The van der Waals surface area contributed by atoms with Crippen LogP contribution in [0, 0.1) is 5.92 Å². The maximum atomic E-state index is 12.6. The molecule has 1 fully saturated rings. The first-order valence-corrected chi connectivity index (χ1v) is 13.9. The number of aromatic nitrogens is 1. The second kappa shape index (κ2) is 9.90. The van der Waals surface area contributed by atoms with Crippen molar-refractivity contribution in [3.63, 3.8) is 0 Å². The number of benzene rings is 2. The Morgan fingerprint density at radius 2 is 1.71 bits per heavy atom.